The molecule has 84 valence electrons. The van der Waals surface area contributed by atoms with Crippen LogP contribution in [0.3, 0.4) is 0 Å². The number of anilines is 1. The van der Waals surface area contributed by atoms with E-state index >= 15 is 0 Å². The molecule has 3 rings (SSSR count). The van der Waals surface area contributed by atoms with Crippen LogP contribution in [0.15, 0.2) is 36.4 Å². The number of hydrogen-bond donors (Lipinski definition) is 1. The number of hydrogen-bond acceptors (Lipinski definition) is 2. The molecule has 17 heavy (non-hydrogen) atoms. The lowest BCUT2D eigenvalue weighted by atomic mass is 10.0. The number of benzene rings is 2. The molecule has 0 bridgehead atoms. The molecule has 0 aromatic heterocycles. The monoisotopic (exact) mass is 222 g/mol. The summed E-state index contributed by atoms with van der Waals surface area (Å²) in [6.45, 7) is 2.24. The molecule has 1 fully saturated rings. The van der Waals surface area contributed by atoms with E-state index in [4.69, 9.17) is 5.26 Å². The van der Waals surface area contributed by atoms with Crippen LogP contribution in [0.25, 0.3) is 10.8 Å². The summed E-state index contributed by atoms with van der Waals surface area (Å²) < 4.78 is 0. The molecular weight excluding hydrogens is 208 g/mol. The van der Waals surface area contributed by atoms with Crippen LogP contribution in [0, 0.1) is 11.3 Å². The summed E-state index contributed by atoms with van der Waals surface area (Å²) in [6.07, 6.45) is 2.45. The highest BCUT2D eigenvalue weighted by Crippen LogP contribution is 2.40. The van der Waals surface area contributed by atoms with Gasteiger partial charge in [-0.1, -0.05) is 24.3 Å². The molecule has 2 aromatic rings. The van der Waals surface area contributed by atoms with Crippen LogP contribution in [0.5, 0.6) is 0 Å². The lowest BCUT2D eigenvalue weighted by Crippen LogP contribution is -2.16. The van der Waals surface area contributed by atoms with Crippen LogP contribution in [0.2, 0.25) is 0 Å². The Morgan fingerprint density at radius 2 is 1.82 bits per heavy atom. The van der Waals surface area contributed by atoms with Crippen LogP contribution in [0.4, 0.5) is 5.69 Å². The summed E-state index contributed by atoms with van der Waals surface area (Å²) in [5.41, 5.74) is 2.14. The molecule has 1 saturated carbocycles. The second-order valence-electron chi connectivity index (χ2n) is 5.00. The lowest BCUT2D eigenvalue weighted by molar-refractivity contribution is 0.831. The zero-order valence-corrected chi connectivity index (χ0v) is 9.83. The van der Waals surface area contributed by atoms with Crippen LogP contribution in [-0.2, 0) is 0 Å². The number of nitrogens with one attached hydrogen (secondary N) is 1. The second-order valence-corrected chi connectivity index (χ2v) is 5.00. The molecule has 0 saturated heterocycles. The third-order valence-corrected chi connectivity index (χ3v) is 3.48. The summed E-state index contributed by atoms with van der Waals surface area (Å²) in [5.74, 6) is 0. The topological polar surface area (TPSA) is 35.8 Å². The van der Waals surface area contributed by atoms with E-state index in [0.717, 1.165) is 22.0 Å². The van der Waals surface area contributed by atoms with Gasteiger partial charge in [-0.2, -0.15) is 5.26 Å². The van der Waals surface area contributed by atoms with Gasteiger partial charge in [0.15, 0.2) is 0 Å². The predicted molar refractivity (Wildman–Crippen MR) is 69.9 cm³/mol. The SMILES string of the molecule is CC1(Nc2ccc(C#N)c3ccccc23)CC1. The second kappa shape index (κ2) is 3.49. The Labute approximate surface area is 101 Å². The first-order valence-electron chi connectivity index (χ1n) is 5.92. The highest BCUT2D eigenvalue weighted by Gasteiger charge is 2.37. The molecule has 0 radical (unpaired) electrons. The summed E-state index contributed by atoms with van der Waals surface area (Å²) in [5, 5.41) is 14.8. The highest BCUT2D eigenvalue weighted by molar-refractivity contribution is 5.97. The van der Waals surface area contributed by atoms with E-state index in [2.05, 4.69) is 24.4 Å². The Morgan fingerprint density at radius 1 is 1.12 bits per heavy atom. The van der Waals surface area contributed by atoms with Gasteiger partial charge < -0.3 is 5.32 Å². The van der Waals surface area contributed by atoms with Gasteiger partial charge >= 0.3 is 0 Å². The zero-order valence-electron chi connectivity index (χ0n) is 9.83. The van der Waals surface area contributed by atoms with Gasteiger partial charge in [-0.25, -0.2) is 0 Å². The molecule has 2 aromatic carbocycles. The molecule has 0 atom stereocenters. The minimum absolute atomic E-state index is 0.261. The van der Waals surface area contributed by atoms with Gasteiger partial charge in [0.25, 0.3) is 0 Å². The van der Waals surface area contributed by atoms with Crippen molar-refractivity contribution in [3.8, 4) is 6.07 Å². The maximum Gasteiger partial charge on any atom is 0.0998 e. The quantitative estimate of drug-likeness (QED) is 0.841. The fourth-order valence-electron chi connectivity index (χ4n) is 2.14. The molecule has 0 spiro atoms. The molecule has 1 N–H and O–H groups in total. The van der Waals surface area contributed by atoms with Crippen molar-refractivity contribution < 1.29 is 0 Å². The smallest absolute Gasteiger partial charge is 0.0998 e. The van der Waals surface area contributed by atoms with E-state index in [0.29, 0.717) is 0 Å². The number of nitriles is 1. The molecule has 0 heterocycles. The average Bonchev–Trinajstić information content (AvgIpc) is 3.08. The van der Waals surface area contributed by atoms with Gasteiger partial charge in [0.1, 0.15) is 0 Å². The summed E-state index contributed by atoms with van der Waals surface area (Å²) in [6, 6.07) is 14.2. The van der Waals surface area contributed by atoms with Crippen LogP contribution < -0.4 is 5.32 Å². The summed E-state index contributed by atoms with van der Waals surface area (Å²) in [4.78, 5) is 0. The number of rotatable bonds is 2. The predicted octanol–water partition coefficient (Wildman–Crippen LogP) is 3.68. The van der Waals surface area contributed by atoms with Crippen molar-refractivity contribution in [3.63, 3.8) is 0 Å². The Hall–Kier alpha value is -2.01. The first-order valence-corrected chi connectivity index (χ1v) is 5.92. The van der Waals surface area contributed by atoms with Crippen molar-refractivity contribution >= 4 is 16.5 Å². The van der Waals surface area contributed by atoms with E-state index in [1.54, 1.807) is 0 Å². The van der Waals surface area contributed by atoms with Crippen LogP contribution in [0.1, 0.15) is 25.3 Å². The summed E-state index contributed by atoms with van der Waals surface area (Å²) in [7, 11) is 0. The van der Waals surface area contributed by atoms with E-state index in [1.165, 1.54) is 12.8 Å². The van der Waals surface area contributed by atoms with Gasteiger partial charge in [-0.05, 0) is 31.9 Å². The average molecular weight is 222 g/mol. The minimum Gasteiger partial charge on any atom is -0.379 e. The molecular formula is C15H14N2. The standard InChI is InChI=1S/C15H14N2/c1-15(8-9-15)17-14-7-6-11(10-16)12-4-2-3-5-13(12)14/h2-7,17H,8-9H2,1H3. The molecule has 1 aliphatic carbocycles. The zero-order chi connectivity index (χ0) is 11.9. The van der Waals surface area contributed by atoms with E-state index in [-0.39, 0.29) is 5.54 Å². The fourth-order valence-corrected chi connectivity index (χ4v) is 2.14. The van der Waals surface area contributed by atoms with Gasteiger partial charge in [-0.3, -0.25) is 0 Å². The van der Waals surface area contributed by atoms with Crippen molar-refractivity contribution in [1.82, 2.24) is 0 Å². The first-order chi connectivity index (χ1) is 8.22. The van der Waals surface area contributed by atoms with E-state index in [9.17, 15) is 0 Å². The Morgan fingerprint density at radius 3 is 2.47 bits per heavy atom. The Bertz CT molecular complexity index is 618. The van der Waals surface area contributed by atoms with Gasteiger partial charge in [0.2, 0.25) is 0 Å². The summed E-state index contributed by atoms with van der Waals surface area (Å²) >= 11 is 0. The fraction of sp³-hybridized carbons (Fsp3) is 0.267. The maximum atomic E-state index is 9.10. The largest absolute Gasteiger partial charge is 0.379 e. The van der Waals surface area contributed by atoms with Crippen molar-refractivity contribution in [3.05, 3.63) is 42.0 Å². The molecule has 2 heteroatoms. The van der Waals surface area contributed by atoms with Gasteiger partial charge in [0, 0.05) is 22.0 Å². The number of fused-ring (bicyclic) bond motifs is 1. The van der Waals surface area contributed by atoms with Gasteiger partial charge in [0.05, 0.1) is 11.6 Å². The van der Waals surface area contributed by atoms with Crippen molar-refractivity contribution in [2.24, 2.45) is 0 Å². The molecule has 2 nitrogen and oxygen atoms in total. The normalized spacial score (nSPS) is 16.5. The van der Waals surface area contributed by atoms with Crippen LogP contribution in [-0.4, -0.2) is 5.54 Å². The Balaban J connectivity index is 2.17. The lowest BCUT2D eigenvalue weighted by Gasteiger charge is -2.15. The molecule has 0 amide bonds. The number of nitrogens with zero attached hydrogens (tertiary/aromatic N) is 1. The van der Waals surface area contributed by atoms with Crippen LogP contribution >= 0.6 is 0 Å². The molecule has 0 aliphatic heterocycles. The maximum absolute atomic E-state index is 9.10. The van der Waals surface area contributed by atoms with E-state index in [1.807, 2.05) is 30.3 Å². The van der Waals surface area contributed by atoms with Crippen molar-refractivity contribution in [2.75, 3.05) is 5.32 Å². The van der Waals surface area contributed by atoms with Crippen molar-refractivity contribution in [1.29, 1.82) is 5.26 Å². The molecule has 1 aliphatic rings. The minimum atomic E-state index is 0.261. The van der Waals surface area contributed by atoms with Gasteiger partial charge in [-0.15, -0.1) is 0 Å². The Kier molecular flexibility index (Phi) is 2.09. The van der Waals surface area contributed by atoms with Crippen molar-refractivity contribution in [2.45, 2.75) is 25.3 Å². The third-order valence-electron chi connectivity index (χ3n) is 3.48. The molecule has 0 unspecified atom stereocenters. The first kappa shape index (κ1) is 10.2. The van der Waals surface area contributed by atoms with E-state index < -0.39 is 0 Å². The highest BCUT2D eigenvalue weighted by atomic mass is 15.0. The third kappa shape index (κ3) is 1.74.